The largest absolute Gasteiger partial charge is 0.511 e. The number of hydrogen-bond donors (Lipinski definition) is 4. The van der Waals surface area contributed by atoms with Crippen LogP contribution >= 0.6 is 0 Å². The summed E-state index contributed by atoms with van der Waals surface area (Å²) in [7, 11) is 0. The predicted octanol–water partition coefficient (Wildman–Crippen LogP) is 9.13. The van der Waals surface area contributed by atoms with E-state index >= 15 is 0 Å². The lowest BCUT2D eigenvalue weighted by Gasteiger charge is -2.59. The van der Waals surface area contributed by atoms with E-state index in [1.165, 1.54) is 23.6 Å². The third-order valence-corrected chi connectivity index (χ3v) is 13.0. The zero-order chi connectivity index (χ0) is 38.5. The lowest BCUT2D eigenvalue weighted by Crippen LogP contribution is -2.67. The number of aliphatic hydroxyl groups is 3. The van der Waals surface area contributed by atoms with Gasteiger partial charge in [0.05, 0.1) is 5.56 Å². The molecule has 0 saturated heterocycles. The van der Waals surface area contributed by atoms with Crippen LogP contribution in [0, 0.1) is 39.9 Å². The molecular formula is C45H54O7. The molecule has 276 valence electrons. The molecule has 0 radical (unpaired) electrons. The number of allylic oxidation sites excluding steroid dienone is 4. The quantitative estimate of drug-likeness (QED) is 0.167. The highest BCUT2D eigenvalue weighted by Gasteiger charge is 2.71. The molecule has 4 aliphatic carbocycles. The number of Topliss-reactive ketones (excluding diaryl/α,β-unsaturated/α-hetero) is 3. The SMILES string of the molecule is C=C(Cc1ccc(-c2ccc(O)c3c2C[C@]2(C)C[C@]4(C)C(C(C)C)C(O)=C(C(C)=O)C(=O)[C@]4(O)C(O)=C2C3=O)cc1)C1CCCC1C(=C)C(C)(C)C. The van der Waals surface area contributed by atoms with Crippen LogP contribution in [-0.4, -0.2) is 43.4 Å². The van der Waals surface area contributed by atoms with Crippen LogP contribution in [0.25, 0.3) is 11.1 Å². The lowest BCUT2D eigenvalue weighted by molar-refractivity contribution is -0.171. The molecule has 0 amide bonds. The first-order valence-corrected chi connectivity index (χ1v) is 18.6. The number of aliphatic hydroxyl groups excluding tert-OH is 2. The molecule has 52 heavy (non-hydrogen) atoms. The second-order valence-corrected chi connectivity index (χ2v) is 17.9. The van der Waals surface area contributed by atoms with Crippen molar-refractivity contribution in [3.8, 4) is 16.9 Å². The third kappa shape index (κ3) is 5.36. The van der Waals surface area contributed by atoms with Gasteiger partial charge in [0.15, 0.2) is 17.2 Å². The van der Waals surface area contributed by atoms with E-state index in [9.17, 15) is 34.8 Å². The minimum atomic E-state index is -2.64. The van der Waals surface area contributed by atoms with Gasteiger partial charge in [-0.2, -0.15) is 0 Å². The maximum atomic E-state index is 14.5. The first kappa shape index (κ1) is 37.5. The van der Waals surface area contributed by atoms with Crippen molar-refractivity contribution < 1.29 is 34.8 Å². The fourth-order valence-corrected chi connectivity index (χ4v) is 10.6. The molecule has 4 N–H and O–H groups in total. The molecule has 0 heterocycles. The van der Waals surface area contributed by atoms with Crippen molar-refractivity contribution in [2.75, 3.05) is 0 Å². The van der Waals surface area contributed by atoms with E-state index in [4.69, 9.17) is 0 Å². The van der Waals surface area contributed by atoms with Gasteiger partial charge in [-0.3, -0.25) is 14.4 Å². The Labute approximate surface area is 307 Å². The molecule has 6 atom stereocenters. The Morgan fingerprint density at radius 2 is 1.58 bits per heavy atom. The van der Waals surface area contributed by atoms with Gasteiger partial charge in [0, 0.05) is 22.3 Å². The second kappa shape index (κ2) is 12.4. The molecule has 0 aliphatic heterocycles. The van der Waals surface area contributed by atoms with Gasteiger partial charge in [0.1, 0.15) is 22.8 Å². The van der Waals surface area contributed by atoms with Crippen molar-refractivity contribution in [2.45, 2.75) is 99.5 Å². The highest BCUT2D eigenvalue weighted by Crippen LogP contribution is 2.65. The van der Waals surface area contributed by atoms with Crippen LogP contribution in [0.5, 0.6) is 5.75 Å². The summed E-state index contributed by atoms with van der Waals surface area (Å²) in [5, 5.41) is 46.8. The zero-order valence-corrected chi connectivity index (χ0v) is 31.9. The van der Waals surface area contributed by atoms with Crippen molar-refractivity contribution in [1.29, 1.82) is 0 Å². The van der Waals surface area contributed by atoms with Gasteiger partial charge >= 0.3 is 0 Å². The van der Waals surface area contributed by atoms with Gasteiger partial charge in [-0.1, -0.05) is 110 Å². The molecule has 4 aliphatic rings. The first-order valence-electron chi connectivity index (χ1n) is 18.6. The zero-order valence-electron chi connectivity index (χ0n) is 31.9. The standard InChI is InChI=1S/C45H54O7/c1-23(2)36-38(48)34(26(5)46)40(50)45(52)41(51)37-39(49)35-32(21-43(37,9)22-44(36,45)10)31(18-19-33(35)47)28-16-14-27(15-17-28)20-24(3)29-12-11-13-30(29)25(4)42(6,7)8/h14-19,23,29-30,36,47-48,51-52H,3-4,11-13,20-22H2,1-2,5-10H3/t29?,30?,36?,43-,44-,45+/m1/s1. The van der Waals surface area contributed by atoms with E-state index in [1.54, 1.807) is 13.0 Å². The van der Waals surface area contributed by atoms with Gasteiger partial charge < -0.3 is 20.4 Å². The van der Waals surface area contributed by atoms with Crippen LogP contribution in [0.4, 0.5) is 0 Å². The monoisotopic (exact) mass is 706 g/mol. The smallest absolute Gasteiger partial charge is 0.209 e. The fourth-order valence-electron chi connectivity index (χ4n) is 10.6. The number of phenols is 1. The van der Waals surface area contributed by atoms with E-state index in [0.29, 0.717) is 17.4 Å². The average molecular weight is 707 g/mol. The number of aromatic hydroxyl groups is 1. The van der Waals surface area contributed by atoms with Crippen LogP contribution in [0.1, 0.15) is 103 Å². The number of fused-ring (bicyclic) bond motifs is 3. The molecule has 1 saturated carbocycles. The van der Waals surface area contributed by atoms with Gasteiger partial charge in [0.2, 0.25) is 5.78 Å². The average Bonchev–Trinajstić information content (AvgIpc) is 3.52. The molecule has 3 unspecified atom stereocenters. The van der Waals surface area contributed by atoms with Crippen LogP contribution in [0.3, 0.4) is 0 Å². The molecule has 0 aromatic heterocycles. The van der Waals surface area contributed by atoms with Gasteiger partial charge in [-0.25, -0.2) is 0 Å². The molecule has 6 rings (SSSR count). The van der Waals surface area contributed by atoms with E-state index < -0.39 is 56.8 Å². The van der Waals surface area contributed by atoms with Crippen molar-refractivity contribution in [1.82, 2.24) is 0 Å². The maximum absolute atomic E-state index is 14.5. The summed E-state index contributed by atoms with van der Waals surface area (Å²) < 4.78 is 0. The number of carbonyl (C=O) groups is 3. The van der Waals surface area contributed by atoms with E-state index in [1.807, 2.05) is 32.9 Å². The van der Waals surface area contributed by atoms with E-state index in [2.05, 4.69) is 46.1 Å². The van der Waals surface area contributed by atoms with Gasteiger partial charge in [0.25, 0.3) is 0 Å². The highest BCUT2D eigenvalue weighted by atomic mass is 16.3. The Kier molecular flexibility index (Phi) is 8.97. The van der Waals surface area contributed by atoms with Crippen LogP contribution in [0.2, 0.25) is 0 Å². The van der Waals surface area contributed by atoms with Crippen molar-refractivity contribution in [3.05, 3.63) is 100 Å². The summed E-state index contributed by atoms with van der Waals surface area (Å²) in [4.78, 5) is 41.1. The molecular weight excluding hydrogens is 652 g/mol. The van der Waals surface area contributed by atoms with Gasteiger partial charge in [-0.05, 0) is 90.5 Å². The summed E-state index contributed by atoms with van der Waals surface area (Å²) >= 11 is 0. The molecule has 1 fully saturated rings. The van der Waals surface area contributed by atoms with Crippen molar-refractivity contribution in [3.63, 3.8) is 0 Å². The van der Waals surface area contributed by atoms with Crippen LogP contribution < -0.4 is 0 Å². The summed E-state index contributed by atoms with van der Waals surface area (Å²) in [5.41, 5.74) is 0.00687. The van der Waals surface area contributed by atoms with Crippen molar-refractivity contribution >= 4 is 17.3 Å². The minimum Gasteiger partial charge on any atom is -0.511 e. The van der Waals surface area contributed by atoms with E-state index in [-0.39, 0.29) is 41.1 Å². The Morgan fingerprint density at radius 3 is 2.15 bits per heavy atom. The molecule has 2 aromatic rings. The lowest BCUT2D eigenvalue weighted by atomic mass is 9.44. The summed E-state index contributed by atoms with van der Waals surface area (Å²) in [6, 6.07) is 11.5. The molecule has 0 spiro atoms. The Morgan fingerprint density at radius 1 is 0.962 bits per heavy atom. The summed E-state index contributed by atoms with van der Waals surface area (Å²) in [5.74, 6) is -4.38. The molecule has 2 aromatic carbocycles. The Bertz CT molecular complexity index is 1990. The second-order valence-electron chi connectivity index (χ2n) is 17.9. The number of benzene rings is 2. The number of phenolic OH excluding ortho intramolecular Hbond substituents is 1. The topological polar surface area (TPSA) is 132 Å². The van der Waals surface area contributed by atoms with Crippen molar-refractivity contribution in [2.24, 2.45) is 39.9 Å². The number of hydrogen-bond acceptors (Lipinski definition) is 7. The molecule has 7 nitrogen and oxygen atoms in total. The maximum Gasteiger partial charge on any atom is 0.209 e. The van der Waals surface area contributed by atoms with Gasteiger partial charge in [-0.15, -0.1) is 0 Å². The fraction of sp³-hybridized carbons (Fsp3) is 0.489. The summed E-state index contributed by atoms with van der Waals surface area (Å²) in [6.45, 7) is 23.9. The predicted molar refractivity (Wildman–Crippen MR) is 203 cm³/mol. The Balaban J connectivity index is 1.38. The first-order chi connectivity index (χ1) is 24.1. The minimum absolute atomic E-state index is 0.0152. The van der Waals surface area contributed by atoms with Crippen LogP contribution in [0.15, 0.2) is 83.4 Å². The number of carbonyl (C=O) groups excluding carboxylic acids is 3. The number of ketones is 3. The third-order valence-electron chi connectivity index (χ3n) is 13.0. The molecule has 7 heteroatoms. The molecule has 0 bridgehead atoms. The van der Waals surface area contributed by atoms with E-state index in [0.717, 1.165) is 42.9 Å². The highest BCUT2D eigenvalue weighted by molar-refractivity contribution is 6.25. The normalized spacial score (nSPS) is 30.3. The number of rotatable bonds is 7. The summed E-state index contributed by atoms with van der Waals surface area (Å²) in [6.07, 6.45) is 4.44. The van der Waals surface area contributed by atoms with Crippen LogP contribution in [-0.2, 0) is 22.4 Å². The Hall–Kier alpha value is -4.23.